The van der Waals surface area contributed by atoms with E-state index in [-0.39, 0.29) is 5.78 Å². The molecule has 1 aliphatic heterocycles. The van der Waals surface area contributed by atoms with E-state index in [1.807, 2.05) is 5.38 Å². The van der Waals surface area contributed by atoms with E-state index in [0.29, 0.717) is 20.7 Å². The lowest BCUT2D eigenvalue weighted by molar-refractivity contribution is -0.114. The van der Waals surface area contributed by atoms with Gasteiger partial charge in [-0.2, -0.15) is 0 Å². The lowest BCUT2D eigenvalue weighted by atomic mass is 10.1. The number of ketones is 1. The number of nitrogens with one attached hydrogen (secondary N) is 1. The molecule has 0 aromatic carbocycles. The second kappa shape index (κ2) is 4.55. The summed E-state index contributed by atoms with van der Waals surface area (Å²) in [5.74, 6) is 0.0194. The zero-order chi connectivity index (χ0) is 12.5. The van der Waals surface area contributed by atoms with Crippen molar-refractivity contribution in [2.45, 2.75) is 5.92 Å². The number of rotatable bonds is 2. The molecule has 1 aliphatic rings. The van der Waals surface area contributed by atoms with Crippen molar-refractivity contribution in [3.05, 3.63) is 45.6 Å². The van der Waals surface area contributed by atoms with Gasteiger partial charge < -0.3 is 4.42 Å². The van der Waals surface area contributed by atoms with Gasteiger partial charge in [0.25, 0.3) is 0 Å². The molecule has 3 rings (SSSR count). The van der Waals surface area contributed by atoms with Gasteiger partial charge in [-0.05, 0) is 18.2 Å². The van der Waals surface area contributed by atoms with Crippen LogP contribution in [-0.4, -0.2) is 15.8 Å². The Hall–Kier alpha value is -1.66. The molecule has 4 nitrogen and oxygen atoms in total. The van der Waals surface area contributed by atoms with Crippen LogP contribution in [0, 0.1) is 5.41 Å². The van der Waals surface area contributed by atoms with Crippen molar-refractivity contribution in [2.75, 3.05) is 0 Å². The van der Waals surface area contributed by atoms with Crippen LogP contribution in [0.25, 0.3) is 6.08 Å². The highest BCUT2D eigenvalue weighted by Gasteiger charge is 2.38. The molecule has 1 N–H and O–H groups in total. The molecule has 6 heteroatoms. The molecule has 0 saturated carbocycles. The van der Waals surface area contributed by atoms with Crippen molar-refractivity contribution in [3.8, 4) is 0 Å². The summed E-state index contributed by atoms with van der Waals surface area (Å²) in [6.07, 6.45) is 4.88. The van der Waals surface area contributed by atoms with E-state index in [4.69, 9.17) is 9.83 Å². The van der Waals surface area contributed by atoms with Crippen LogP contribution in [0.1, 0.15) is 16.7 Å². The minimum Gasteiger partial charge on any atom is -0.465 e. The molecule has 2 aromatic heterocycles. The molecule has 3 heterocycles. The Morgan fingerprint density at radius 1 is 1.50 bits per heavy atom. The van der Waals surface area contributed by atoms with E-state index in [9.17, 15) is 4.79 Å². The summed E-state index contributed by atoms with van der Waals surface area (Å²) in [6.45, 7) is 0. The van der Waals surface area contributed by atoms with Crippen LogP contribution in [0.3, 0.4) is 0 Å². The Kier molecular flexibility index (Phi) is 2.89. The fourth-order valence-corrected chi connectivity index (χ4v) is 3.48. The summed E-state index contributed by atoms with van der Waals surface area (Å²) in [7, 11) is 0. The summed E-state index contributed by atoms with van der Waals surface area (Å²) < 4.78 is 5.18. The van der Waals surface area contributed by atoms with Gasteiger partial charge in [0.1, 0.15) is 16.7 Å². The zero-order valence-electron chi connectivity index (χ0n) is 9.12. The van der Waals surface area contributed by atoms with E-state index < -0.39 is 5.92 Å². The molecule has 1 fully saturated rings. The second-order valence-electron chi connectivity index (χ2n) is 3.66. The SMILES string of the molecule is N=C1S/C(=C\c2ccco2)C(=O)[C@H]1c1nccs1. The number of carbonyl (C=O) groups is 1. The minimum absolute atomic E-state index is 0.0728. The molecule has 0 spiro atoms. The van der Waals surface area contributed by atoms with Crippen LogP contribution in [0.5, 0.6) is 0 Å². The molecule has 90 valence electrons. The average Bonchev–Trinajstić information content (AvgIpc) is 3.03. The molecule has 2 aromatic rings. The summed E-state index contributed by atoms with van der Waals surface area (Å²) >= 11 is 2.58. The summed E-state index contributed by atoms with van der Waals surface area (Å²) in [5, 5.41) is 10.7. The molecule has 0 unspecified atom stereocenters. The van der Waals surface area contributed by atoms with Crippen molar-refractivity contribution < 1.29 is 9.21 Å². The minimum atomic E-state index is -0.531. The van der Waals surface area contributed by atoms with Gasteiger partial charge in [0.15, 0.2) is 5.78 Å². The van der Waals surface area contributed by atoms with E-state index in [1.54, 1.807) is 30.7 Å². The quantitative estimate of drug-likeness (QED) is 0.856. The fourth-order valence-electron chi connectivity index (χ4n) is 1.69. The maximum absolute atomic E-state index is 12.2. The summed E-state index contributed by atoms with van der Waals surface area (Å²) in [5.41, 5.74) is 0. The van der Waals surface area contributed by atoms with E-state index in [0.717, 1.165) is 0 Å². The molecule has 0 amide bonds. The summed E-state index contributed by atoms with van der Waals surface area (Å²) in [4.78, 5) is 16.9. The number of thiazole rings is 1. The zero-order valence-corrected chi connectivity index (χ0v) is 10.8. The first-order valence-corrected chi connectivity index (χ1v) is 6.90. The van der Waals surface area contributed by atoms with Crippen molar-refractivity contribution in [1.29, 1.82) is 5.41 Å². The molecule has 0 radical (unpaired) electrons. The third kappa shape index (κ3) is 1.93. The highest BCUT2D eigenvalue weighted by atomic mass is 32.2. The predicted molar refractivity (Wildman–Crippen MR) is 71.9 cm³/mol. The molecular weight excluding hydrogens is 268 g/mol. The Balaban J connectivity index is 1.94. The molecular formula is C12H8N2O2S2. The van der Waals surface area contributed by atoms with Gasteiger partial charge in [-0.15, -0.1) is 11.3 Å². The molecule has 0 bridgehead atoms. The lowest BCUT2D eigenvalue weighted by Crippen LogP contribution is -2.11. The van der Waals surface area contributed by atoms with Gasteiger partial charge in [0.2, 0.25) is 0 Å². The van der Waals surface area contributed by atoms with Crippen LogP contribution in [-0.2, 0) is 4.79 Å². The van der Waals surface area contributed by atoms with Crippen molar-refractivity contribution in [1.82, 2.24) is 4.98 Å². The normalized spacial score (nSPS) is 22.0. The lowest BCUT2D eigenvalue weighted by Gasteiger charge is -2.00. The molecule has 1 atom stereocenters. The monoisotopic (exact) mass is 276 g/mol. The van der Waals surface area contributed by atoms with E-state index >= 15 is 0 Å². The number of carbonyl (C=O) groups excluding carboxylic acids is 1. The standard InChI is InChI=1S/C12H8N2O2S2/c13-11-9(12-14-3-5-17-12)10(15)8(18-11)6-7-2-1-4-16-7/h1-6,9,13H/b8-6-,13-11?/t9-/m1/s1. The Bertz CT molecular complexity index is 615. The van der Waals surface area contributed by atoms with Gasteiger partial charge in [-0.1, -0.05) is 11.8 Å². The number of furan rings is 1. The van der Waals surface area contributed by atoms with Crippen molar-refractivity contribution in [2.24, 2.45) is 0 Å². The molecule has 0 aliphatic carbocycles. The van der Waals surface area contributed by atoms with Crippen LogP contribution >= 0.6 is 23.1 Å². The average molecular weight is 276 g/mol. The van der Waals surface area contributed by atoms with Crippen LogP contribution in [0.15, 0.2) is 39.3 Å². The number of hydrogen-bond donors (Lipinski definition) is 1. The highest BCUT2D eigenvalue weighted by Crippen LogP contribution is 2.41. The van der Waals surface area contributed by atoms with E-state index in [1.165, 1.54) is 23.1 Å². The van der Waals surface area contributed by atoms with Crippen LogP contribution < -0.4 is 0 Å². The number of allylic oxidation sites excluding steroid dienone is 1. The number of thioether (sulfide) groups is 1. The number of hydrogen-bond acceptors (Lipinski definition) is 6. The van der Waals surface area contributed by atoms with Gasteiger partial charge in [0.05, 0.1) is 16.2 Å². The first kappa shape index (κ1) is 11.4. The Morgan fingerprint density at radius 2 is 2.39 bits per heavy atom. The van der Waals surface area contributed by atoms with Gasteiger partial charge in [-0.25, -0.2) is 4.98 Å². The third-order valence-electron chi connectivity index (χ3n) is 2.50. The number of aromatic nitrogens is 1. The smallest absolute Gasteiger partial charge is 0.186 e. The molecule has 18 heavy (non-hydrogen) atoms. The second-order valence-corrected chi connectivity index (χ2v) is 5.67. The first-order valence-electron chi connectivity index (χ1n) is 5.21. The van der Waals surface area contributed by atoms with Crippen LogP contribution in [0.2, 0.25) is 0 Å². The number of nitrogens with zero attached hydrogens (tertiary/aromatic N) is 1. The van der Waals surface area contributed by atoms with Crippen molar-refractivity contribution in [3.63, 3.8) is 0 Å². The third-order valence-corrected chi connectivity index (χ3v) is 4.34. The van der Waals surface area contributed by atoms with Crippen molar-refractivity contribution >= 4 is 40.0 Å². The van der Waals surface area contributed by atoms with Gasteiger partial charge in [0, 0.05) is 11.6 Å². The molecule has 1 saturated heterocycles. The summed E-state index contributed by atoms with van der Waals surface area (Å²) in [6, 6.07) is 3.54. The fraction of sp³-hybridized carbons (Fsp3) is 0.0833. The first-order chi connectivity index (χ1) is 8.75. The number of Topliss-reactive ketones (excluding diaryl/α,β-unsaturated/α-hetero) is 1. The topological polar surface area (TPSA) is 67.0 Å². The largest absolute Gasteiger partial charge is 0.465 e. The highest BCUT2D eigenvalue weighted by molar-refractivity contribution is 8.19. The maximum Gasteiger partial charge on any atom is 0.186 e. The van der Waals surface area contributed by atoms with Gasteiger partial charge in [-0.3, -0.25) is 10.2 Å². The Labute approximate surface area is 111 Å². The predicted octanol–water partition coefficient (Wildman–Crippen LogP) is 3.15. The van der Waals surface area contributed by atoms with Gasteiger partial charge >= 0.3 is 0 Å². The van der Waals surface area contributed by atoms with E-state index in [2.05, 4.69) is 4.98 Å². The maximum atomic E-state index is 12.2. The Morgan fingerprint density at radius 3 is 3.06 bits per heavy atom. The van der Waals surface area contributed by atoms with Crippen LogP contribution in [0.4, 0.5) is 0 Å².